The molecule has 0 bridgehead atoms. The number of rotatable bonds is 12. The number of carbonyl (C=O) groups excluding carboxylic acids is 2. The molecule has 10 nitrogen and oxygen atoms in total. The van der Waals surface area contributed by atoms with Crippen LogP contribution in [0.3, 0.4) is 0 Å². The first kappa shape index (κ1) is 30.1. The Bertz CT molecular complexity index is 1510. The molecule has 1 fully saturated rings. The number of piperidine rings is 1. The molecule has 3 amide bonds. The number of ether oxygens (including phenoxy) is 2. The molecule has 4 aromatic rings. The van der Waals surface area contributed by atoms with E-state index in [0.717, 1.165) is 42.7 Å². The lowest BCUT2D eigenvalue weighted by Gasteiger charge is -2.33. The quantitative estimate of drug-likeness (QED) is 0.199. The van der Waals surface area contributed by atoms with Crippen LogP contribution in [0.2, 0.25) is 0 Å². The minimum Gasteiger partial charge on any atom is -0.455 e. The van der Waals surface area contributed by atoms with E-state index in [9.17, 15) is 9.59 Å². The molecule has 4 N–H and O–H groups in total. The molecule has 5 rings (SSSR count). The fraction of sp³-hybridized carbons (Fsp3) is 0.364. The Kier molecular flexibility index (Phi) is 10.2. The van der Waals surface area contributed by atoms with Crippen molar-refractivity contribution in [3.05, 3.63) is 84.7 Å². The van der Waals surface area contributed by atoms with Crippen LogP contribution in [0.25, 0.3) is 11.0 Å². The second-order valence-corrected chi connectivity index (χ2v) is 10.8. The summed E-state index contributed by atoms with van der Waals surface area (Å²) in [6.45, 7) is 2.95. The van der Waals surface area contributed by atoms with Crippen molar-refractivity contribution in [3.63, 3.8) is 0 Å². The number of hydrogen-bond acceptors (Lipinski definition) is 6. The van der Waals surface area contributed by atoms with Crippen LogP contribution in [0.5, 0.6) is 11.5 Å². The van der Waals surface area contributed by atoms with Crippen LogP contribution in [-0.2, 0) is 16.1 Å². The number of nitrogens with zero attached hydrogens (tertiary/aromatic N) is 3. The number of anilines is 1. The molecule has 1 aliphatic heterocycles. The monoisotopic (exact) mass is 584 g/mol. The summed E-state index contributed by atoms with van der Waals surface area (Å²) in [6, 6.07) is 23.8. The van der Waals surface area contributed by atoms with E-state index in [-0.39, 0.29) is 24.8 Å². The number of aromatic nitrogens is 2. The fourth-order valence-electron chi connectivity index (χ4n) is 5.51. The van der Waals surface area contributed by atoms with Gasteiger partial charge in [0.05, 0.1) is 16.7 Å². The van der Waals surface area contributed by atoms with Crippen molar-refractivity contribution in [1.29, 1.82) is 0 Å². The van der Waals surface area contributed by atoms with Crippen LogP contribution in [0.15, 0.2) is 78.9 Å². The summed E-state index contributed by atoms with van der Waals surface area (Å²) in [5, 5.41) is 5.60. The molecule has 0 radical (unpaired) electrons. The number of imidazole rings is 1. The molecule has 1 aromatic heterocycles. The van der Waals surface area contributed by atoms with Crippen molar-refractivity contribution in [2.75, 3.05) is 38.7 Å². The maximum absolute atomic E-state index is 13.3. The molecule has 2 heterocycles. The average Bonchev–Trinajstić information content (AvgIpc) is 3.40. The Morgan fingerprint density at radius 1 is 1.05 bits per heavy atom. The maximum Gasteiger partial charge on any atom is 0.319 e. The molecule has 0 aliphatic carbocycles. The van der Waals surface area contributed by atoms with E-state index >= 15 is 0 Å². The van der Waals surface area contributed by atoms with Gasteiger partial charge in [-0.3, -0.25) is 4.79 Å². The van der Waals surface area contributed by atoms with Gasteiger partial charge in [-0.05, 0) is 55.7 Å². The topological polar surface area (TPSA) is 124 Å². The van der Waals surface area contributed by atoms with E-state index < -0.39 is 12.1 Å². The first-order valence-electron chi connectivity index (χ1n) is 14.9. The molecule has 10 heteroatoms. The van der Waals surface area contributed by atoms with Gasteiger partial charge in [0, 0.05) is 58.3 Å². The van der Waals surface area contributed by atoms with E-state index in [0.29, 0.717) is 36.9 Å². The van der Waals surface area contributed by atoms with Gasteiger partial charge in [-0.1, -0.05) is 42.5 Å². The zero-order valence-electron chi connectivity index (χ0n) is 24.6. The Hall–Kier alpha value is -4.41. The number of fused-ring (bicyclic) bond motifs is 1. The molecule has 1 saturated heterocycles. The molecule has 226 valence electrons. The lowest BCUT2D eigenvalue weighted by molar-refractivity contribution is -0.132. The molecule has 0 spiro atoms. The summed E-state index contributed by atoms with van der Waals surface area (Å²) in [5.41, 5.74) is 8.91. The molecule has 0 saturated carbocycles. The molecule has 1 aliphatic rings. The maximum atomic E-state index is 13.3. The number of likely N-dealkylation sites (tertiary alicyclic amines) is 1. The number of nitrogens with one attached hydrogen (secondary N) is 2. The van der Waals surface area contributed by atoms with E-state index in [4.69, 9.17) is 20.2 Å². The molecule has 0 unspecified atom stereocenters. The Labute approximate surface area is 252 Å². The van der Waals surface area contributed by atoms with Crippen LogP contribution in [-0.4, -0.2) is 65.8 Å². The number of para-hydroxylation sites is 5. The van der Waals surface area contributed by atoms with Gasteiger partial charge in [0.15, 0.2) is 5.75 Å². The van der Waals surface area contributed by atoms with Gasteiger partial charge in [-0.25, -0.2) is 9.78 Å². The highest BCUT2D eigenvalue weighted by Gasteiger charge is 2.29. The van der Waals surface area contributed by atoms with E-state index in [2.05, 4.69) is 21.3 Å². The third kappa shape index (κ3) is 7.91. The van der Waals surface area contributed by atoms with Crippen molar-refractivity contribution in [2.45, 2.75) is 44.2 Å². The summed E-state index contributed by atoms with van der Waals surface area (Å²) >= 11 is 0. The van der Waals surface area contributed by atoms with E-state index in [1.54, 1.807) is 19.2 Å². The molecule has 2 atom stereocenters. The van der Waals surface area contributed by atoms with Crippen LogP contribution in [0, 0.1) is 0 Å². The lowest BCUT2D eigenvalue weighted by atomic mass is 9.96. The first-order chi connectivity index (χ1) is 21.0. The van der Waals surface area contributed by atoms with Gasteiger partial charge in [-0.15, -0.1) is 0 Å². The third-order valence-electron chi connectivity index (χ3n) is 7.62. The van der Waals surface area contributed by atoms with Crippen molar-refractivity contribution >= 4 is 28.7 Å². The first-order valence-corrected chi connectivity index (χ1v) is 14.9. The minimum atomic E-state index is -0.520. The standard InChI is InChI=1S/C33H40N6O4/c1-42-20-10-19-39-29-16-7-5-14-27(29)36-32(39)24-11-9-18-38(23-24)31(40)21-25(34)22-35-33(41)37-28-15-6-8-17-30(28)43-26-12-3-2-4-13-26/h2-8,12-17,24-25H,9-11,18-23,34H2,1H3,(H2,35,37,41)/t24-,25+/m1/s1. The smallest absolute Gasteiger partial charge is 0.319 e. The number of aryl methyl sites for hydroxylation is 1. The van der Waals surface area contributed by atoms with Crippen molar-refractivity contribution < 1.29 is 19.1 Å². The Morgan fingerprint density at radius 3 is 2.65 bits per heavy atom. The average molecular weight is 585 g/mol. The van der Waals surface area contributed by atoms with Crippen LogP contribution in [0.4, 0.5) is 10.5 Å². The van der Waals surface area contributed by atoms with Crippen LogP contribution >= 0.6 is 0 Å². The molecular formula is C33H40N6O4. The number of carbonyl (C=O) groups is 2. The molecular weight excluding hydrogens is 544 g/mol. The highest BCUT2D eigenvalue weighted by Crippen LogP contribution is 2.31. The van der Waals surface area contributed by atoms with Gasteiger partial charge in [0.25, 0.3) is 0 Å². The van der Waals surface area contributed by atoms with Gasteiger partial charge in [0.1, 0.15) is 11.6 Å². The summed E-state index contributed by atoms with van der Waals surface area (Å²) < 4.78 is 13.5. The SMILES string of the molecule is COCCCn1c([C@@H]2CCCN(C(=O)C[C@H](N)CNC(=O)Nc3ccccc3Oc3ccccc3)C2)nc2ccccc21. The van der Waals surface area contributed by atoms with Crippen molar-refractivity contribution in [2.24, 2.45) is 5.73 Å². The Morgan fingerprint density at radius 2 is 1.81 bits per heavy atom. The zero-order chi connectivity index (χ0) is 30.0. The van der Waals surface area contributed by atoms with Gasteiger partial charge in [-0.2, -0.15) is 0 Å². The lowest BCUT2D eigenvalue weighted by Crippen LogP contribution is -2.45. The normalized spacial score (nSPS) is 15.7. The third-order valence-corrected chi connectivity index (χ3v) is 7.62. The van der Waals surface area contributed by atoms with Crippen molar-refractivity contribution in [1.82, 2.24) is 19.8 Å². The second kappa shape index (κ2) is 14.7. The molecule has 3 aromatic carbocycles. The minimum absolute atomic E-state index is 0.0111. The summed E-state index contributed by atoms with van der Waals surface area (Å²) in [5.74, 6) is 2.35. The number of benzene rings is 3. The molecule has 43 heavy (non-hydrogen) atoms. The zero-order valence-corrected chi connectivity index (χ0v) is 24.6. The number of urea groups is 1. The Balaban J connectivity index is 1.14. The highest BCUT2D eigenvalue weighted by atomic mass is 16.5. The number of nitrogens with two attached hydrogens (primary N) is 1. The van der Waals surface area contributed by atoms with Gasteiger partial charge < -0.3 is 35.3 Å². The van der Waals surface area contributed by atoms with Gasteiger partial charge in [0.2, 0.25) is 5.91 Å². The fourth-order valence-corrected chi connectivity index (χ4v) is 5.51. The number of methoxy groups -OCH3 is 1. The van der Waals surface area contributed by atoms with E-state index in [1.165, 1.54) is 0 Å². The van der Waals surface area contributed by atoms with E-state index in [1.807, 2.05) is 65.6 Å². The largest absolute Gasteiger partial charge is 0.455 e. The summed E-state index contributed by atoms with van der Waals surface area (Å²) in [7, 11) is 1.71. The van der Waals surface area contributed by atoms with Crippen LogP contribution in [0.1, 0.15) is 37.4 Å². The summed E-state index contributed by atoms with van der Waals surface area (Å²) in [6.07, 6.45) is 2.91. The number of amides is 3. The predicted molar refractivity (Wildman–Crippen MR) is 167 cm³/mol. The number of hydrogen-bond donors (Lipinski definition) is 3. The predicted octanol–water partition coefficient (Wildman–Crippen LogP) is 5.11. The highest BCUT2D eigenvalue weighted by molar-refractivity contribution is 5.91. The van der Waals surface area contributed by atoms with Crippen LogP contribution < -0.4 is 21.1 Å². The van der Waals surface area contributed by atoms with Gasteiger partial charge >= 0.3 is 6.03 Å². The van der Waals surface area contributed by atoms with Crippen molar-refractivity contribution in [3.8, 4) is 11.5 Å². The summed E-state index contributed by atoms with van der Waals surface area (Å²) in [4.78, 5) is 32.8. The second-order valence-electron chi connectivity index (χ2n) is 10.8.